The van der Waals surface area contributed by atoms with Crippen LogP contribution in [0, 0.1) is 13.8 Å². The van der Waals surface area contributed by atoms with E-state index in [1.54, 1.807) is 5.56 Å². The van der Waals surface area contributed by atoms with Crippen molar-refractivity contribution in [1.29, 1.82) is 0 Å². The molecule has 1 saturated carbocycles. The highest BCUT2D eigenvalue weighted by molar-refractivity contribution is 5.37. The standard InChI is InChI=1S/C16H24/c1-4-9-16(10-5-6-11-16)15-8-7-13(2)12-14(15)3/h7-8,12H,4-6,9-11H2,1-3H3. The molecule has 0 unspecified atom stereocenters. The van der Waals surface area contributed by atoms with Crippen molar-refractivity contribution in [1.82, 2.24) is 0 Å². The monoisotopic (exact) mass is 216 g/mol. The van der Waals surface area contributed by atoms with Gasteiger partial charge >= 0.3 is 0 Å². The Labute approximate surface area is 100 Å². The van der Waals surface area contributed by atoms with Crippen molar-refractivity contribution in [2.75, 3.05) is 0 Å². The second-order valence-corrected chi connectivity index (χ2v) is 5.56. The Kier molecular flexibility index (Phi) is 3.37. The predicted octanol–water partition coefficient (Wildman–Crippen LogP) is 4.92. The quantitative estimate of drug-likeness (QED) is 0.673. The maximum absolute atomic E-state index is 2.39. The number of aryl methyl sites for hydroxylation is 2. The van der Waals surface area contributed by atoms with Crippen LogP contribution in [0.25, 0.3) is 0 Å². The van der Waals surface area contributed by atoms with Crippen LogP contribution in [-0.2, 0) is 5.41 Å². The van der Waals surface area contributed by atoms with Crippen LogP contribution in [-0.4, -0.2) is 0 Å². The lowest BCUT2D eigenvalue weighted by molar-refractivity contribution is 0.399. The Hall–Kier alpha value is -0.780. The fraction of sp³-hybridized carbons (Fsp3) is 0.625. The molecule has 0 spiro atoms. The normalized spacial score (nSPS) is 18.9. The zero-order chi connectivity index (χ0) is 11.6. The van der Waals surface area contributed by atoms with Gasteiger partial charge in [-0.05, 0) is 49.7 Å². The summed E-state index contributed by atoms with van der Waals surface area (Å²) in [6.45, 7) is 6.81. The first-order valence-electron chi connectivity index (χ1n) is 6.76. The first-order valence-corrected chi connectivity index (χ1v) is 6.76. The number of hydrogen-bond donors (Lipinski definition) is 0. The molecule has 1 aliphatic carbocycles. The molecule has 0 heteroatoms. The third kappa shape index (κ3) is 2.03. The summed E-state index contributed by atoms with van der Waals surface area (Å²) in [5.41, 5.74) is 5.06. The fourth-order valence-electron chi connectivity index (χ4n) is 3.59. The van der Waals surface area contributed by atoms with E-state index in [1.165, 1.54) is 49.7 Å². The summed E-state index contributed by atoms with van der Waals surface area (Å²) in [6.07, 6.45) is 8.35. The van der Waals surface area contributed by atoms with Gasteiger partial charge in [0, 0.05) is 0 Å². The van der Waals surface area contributed by atoms with Crippen LogP contribution < -0.4 is 0 Å². The van der Waals surface area contributed by atoms with Crippen molar-refractivity contribution in [2.24, 2.45) is 0 Å². The molecule has 2 rings (SSSR count). The SMILES string of the molecule is CCCC1(c2ccc(C)cc2C)CCCC1. The van der Waals surface area contributed by atoms with Crippen LogP contribution in [0.3, 0.4) is 0 Å². The fourth-order valence-corrected chi connectivity index (χ4v) is 3.59. The van der Waals surface area contributed by atoms with E-state index < -0.39 is 0 Å². The van der Waals surface area contributed by atoms with Gasteiger partial charge in [-0.1, -0.05) is 49.9 Å². The van der Waals surface area contributed by atoms with E-state index in [0.717, 1.165) is 0 Å². The smallest absolute Gasteiger partial charge is 0.00444 e. The van der Waals surface area contributed by atoms with Gasteiger partial charge in [0.05, 0.1) is 0 Å². The molecule has 1 aromatic rings. The van der Waals surface area contributed by atoms with Gasteiger partial charge in [0.2, 0.25) is 0 Å². The van der Waals surface area contributed by atoms with Gasteiger partial charge in [0.15, 0.2) is 0 Å². The molecule has 88 valence electrons. The summed E-state index contributed by atoms with van der Waals surface area (Å²) in [7, 11) is 0. The number of benzene rings is 1. The molecular formula is C16H24. The highest BCUT2D eigenvalue weighted by Gasteiger charge is 2.35. The minimum atomic E-state index is 0.520. The van der Waals surface area contributed by atoms with Crippen LogP contribution >= 0.6 is 0 Å². The predicted molar refractivity (Wildman–Crippen MR) is 71.0 cm³/mol. The van der Waals surface area contributed by atoms with Gasteiger partial charge in [-0.25, -0.2) is 0 Å². The molecule has 0 N–H and O–H groups in total. The Bertz CT molecular complexity index is 356. The Morgan fingerprint density at radius 1 is 1.12 bits per heavy atom. The zero-order valence-electron chi connectivity index (χ0n) is 11.0. The first-order chi connectivity index (χ1) is 7.68. The van der Waals surface area contributed by atoms with Crippen molar-refractivity contribution in [2.45, 2.75) is 64.7 Å². The first kappa shape index (κ1) is 11.7. The lowest BCUT2D eigenvalue weighted by Crippen LogP contribution is -2.23. The third-order valence-corrected chi connectivity index (χ3v) is 4.24. The third-order valence-electron chi connectivity index (χ3n) is 4.24. The van der Waals surface area contributed by atoms with Crippen LogP contribution in [0.5, 0.6) is 0 Å². The highest BCUT2D eigenvalue weighted by Crippen LogP contribution is 2.45. The van der Waals surface area contributed by atoms with Crippen LogP contribution in [0.2, 0.25) is 0 Å². The second-order valence-electron chi connectivity index (χ2n) is 5.56. The maximum atomic E-state index is 2.39. The molecule has 0 bridgehead atoms. The van der Waals surface area contributed by atoms with E-state index in [1.807, 2.05) is 0 Å². The van der Waals surface area contributed by atoms with Crippen molar-refractivity contribution < 1.29 is 0 Å². The van der Waals surface area contributed by atoms with Crippen molar-refractivity contribution in [3.05, 3.63) is 34.9 Å². The van der Waals surface area contributed by atoms with Gasteiger partial charge in [-0.15, -0.1) is 0 Å². The van der Waals surface area contributed by atoms with Crippen molar-refractivity contribution in [3.63, 3.8) is 0 Å². The summed E-state index contributed by atoms with van der Waals surface area (Å²) in [5.74, 6) is 0. The number of hydrogen-bond acceptors (Lipinski definition) is 0. The average Bonchev–Trinajstić information content (AvgIpc) is 2.67. The van der Waals surface area contributed by atoms with Crippen molar-refractivity contribution >= 4 is 0 Å². The van der Waals surface area contributed by atoms with E-state index in [9.17, 15) is 0 Å². The van der Waals surface area contributed by atoms with E-state index in [4.69, 9.17) is 0 Å². The molecule has 0 radical (unpaired) electrons. The Morgan fingerprint density at radius 2 is 1.81 bits per heavy atom. The second kappa shape index (κ2) is 4.61. The van der Waals surface area contributed by atoms with Crippen molar-refractivity contribution in [3.8, 4) is 0 Å². The molecule has 1 aromatic carbocycles. The highest BCUT2D eigenvalue weighted by atomic mass is 14.4. The number of rotatable bonds is 3. The lowest BCUT2D eigenvalue weighted by atomic mass is 9.73. The molecule has 1 fully saturated rings. The largest absolute Gasteiger partial charge is 0.0654 e. The summed E-state index contributed by atoms with van der Waals surface area (Å²) < 4.78 is 0. The van der Waals surface area contributed by atoms with Gasteiger partial charge in [-0.2, -0.15) is 0 Å². The van der Waals surface area contributed by atoms with Crippen LogP contribution in [0.1, 0.15) is 62.1 Å². The molecule has 0 nitrogen and oxygen atoms in total. The molecular weight excluding hydrogens is 192 g/mol. The molecule has 0 amide bonds. The van der Waals surface area contributed by atoms with E-state index >= 15 is 0 Å². The zero-order valence-corrected chi connectivity index (χ0v) is 11.0. The molecule has 0 atom stereocenters. The maximum Gasteiger partial charge on any atom is -0.00444 e. The Morgan fingerprint density at radius 3 is 2.38 bits per heavy atom. The minimum absolute atomic E-state index is 0.520. The summed E-state index contributed by atoms with van der Waals surface area (Å²) in [6, 6.07) is 7.04. The van der Waals surface area contributed by atoms with Gasteiger partial charge < -0.3 is 0 Å². The van der Waals surface area contributed by atoms with Gasteiger partial charge in [-0.3, -0.25) is 0 Å². The molecule has 0 heterocycles. The molecule has 16 heavy (non-hydrogen) atoms. The van der Waals surface area contributed by atoms with E-state index in [0.29, 0.717) is 5.41 Å². The molecule has 1 aliphatic rings. The summed E-state index contributed by atoms with van der Waals surface area (Å²) in [4.78, 5) is 0. The minimum Gasteiger partial charge on any atom is -0.0654 e. The van der Waals surface area contributed by atoms with E-state index in [2.05, 4.69) is 39.0 Å². The van der Waals surface area contributed by atoms with Crippen LogP contribution in [0.4, 0.5) is 0 Å². The Balaban J connectivity index is 2.38. The lowest BCUT2D eigenvalue weighted by Gasteiger charge is -2.31. The summed E-state index contributed by atoms with van der Waals surface area (Å²) in [5, 5.41) is 0. The van der Waals surface area contributed by atoms with Gasteiger partial charge in [0.25, 0.3) is 0 Å². The topological polar surface area (TPSA) is 0 Å². The summed E-state index contributed by atoms with van der Waals surface area (Å²) >= 11 is 0. The van der Waals surface area contributed by atoms with E-state index in [-0.39, 0.29) is 0 Å². The molecule has 0 aromatic heterocycles. The van der Waals surface area contributed by atoms with Gasteiger partial charge in [0.1, 0.15) is 0 Å². The van der Waals surface area contributed by atoms with Crippen LogP contribution in [0.15, 0.2) is 18.2 Å². The molecule has 0 saturated heterocycles. The molecule has 0 aliphatic heterocycles. The average molecular weight is 216 g/mol.